The van der Waals surface area contributed by atoms with Gasteiger partial charge in [-0.15, -0.1) is 0 Å². The molecule has 1 aromatic rings. The normalized spacial score (nSPS) is 23.9. The van der Waals surface area contributed by atoms with Gasteiger partial charge in [0.05, 0.1) is 6.10 Å². The quantitative estimate of drug-likeness (QED) is 0.849. The van der Waals surface area contributed by atoms with Crippen LogP contribution in [0.1, 0.15) is 19.8 Å². The molecule has 2 unspecified atom stereocenters. The highest BCUT2D eigenvalue weighted by Gasteiger charge is 2.26. The summed E-state index contributed by atoms with van der Waals surface area (Å²) in [5.41, 5.74) is -0.0838. The highest BCUT2D eigenvalue weighted by molar-refractivity contribution is 5.30. The van der Waals surface area contributed by atoms with Gasteiger partial charge in [0.25, 0.3) is 5.56 Å². The molecular weight excluding hydrogens is 218 g/mol. The molecular formula is C12H19N3O2. The van der Waals surface area contributed by atoms with Crippen molar-refractivity contribution in [3.8, 4) is 0 Å². The Labute approximate surface area is 101 Å². The smallest absolute Gasteiger partial charge is 0.293 e. The summed E-state index contributed by atoms with van der Waals surface area (Å²) in [6.45, 7) is 3.71. The van der Waals surface area contributed by atoms with Crippen LogP contribution in [0.15, 0.2) is 17.2 Å². The van der Waals surface area contributed by atoms with E-state index in [2.05, 4.69) is 17.2 Å². The second kappa shape index (κ2) is 5.31. The third-order valence-corrected chi connectivity index (χ3v) is 3.30. The van der Waals surface area contributed by atoms with Gasteiger partial charge in [-0.25, -0.2) is 4.98 Å². The van der Waals surface area contributed by atoms with Gasteiger partial charge in [-0.1, -0.05) is 6.92 Å². The number of hydrogen-bond donors (Lipinski definition) is 1. The number of anilines is 1. The van der Waals surface area contributed by atoms with Crippen LogP contribution in [0.3, 0.4) is 0 Å². The number of hydrogen-bond acceptors (Lipinski definition) is 4. The number of aromatic nitrogens is 2. The summed E-state index contributed by atoms with van der Waals surface area (Å²) in [5.74, 6) is 0.906. The van der Waals surface area contributed by atoms with Gasteiger partial charge in [-0.05, 0) is 12.8 Å². The zero-order chi connectivity index (χ0) is 12.3. The Morgan fingerprint density at radius 2 is 2.47 bits per heavy atom. The van der Waals surface area contributed by atoms with Gasteiger partial charge in [-0.3, -0.25) is 4.79 Å². The van der Waals surface area contributed by atoms with Gasteiger partial charge in [0.1, 0.15) is 0 Å². The van der Waals surface area contributed by atoms with Gasteiger partial charge in [0, 0.05) is 38.5 Å². The van der Waals surface area contributed by atoms with E-state index < -0.39 is 0 Å². The second-order valence-electron chi connectivity index (χ2n) is 4.44. The van der Waals surface area contributed by atoms with Gasteiger partial charge < -0.3 is 14.6 Å². The van der Waals surface area contributed by atoms with Crippen LogP contribution in [0.5, 0.6) is 0 Å². The Hall–Kier alpha value is -1.36. The minimum absolute atomic E-state index is 0.0838. The summed E-state index contributed by atoms with van der Waals surface area (Å²) in [4.78, 5) is 15.8. The van der Waals surface area contributed by atoms with E-state index in [4.69, 9.17) is 4.74 Å². The van der Waals surface area contributed by atoms with E-state index in [0.29, 0.717) is 17.8 Å². The molecule has 17 heavy (non-hydrogen) atoms. The molecule has 5 heteroatoms. The second-order valence-corrected chi connectivity index (χ2v) is 4.44. The van der Waals surface area contributed by atoms with E-state index in [1.54, 1.807) is 19.4 Å². The first kappa shape index (κ1) is 12.1. The Bertz CT molecular complexity index is 430. The first-order valence-corrected chi connectivity index (χ1v) is 6.09. The standard InChI is InChI=1S/C12H19N3O2/c1-3-10-9(4-7-17-10)8-14-11-12(16)15(2)6-5-13-11/h5-6,9-10H,3-4,7-8H2,1-2H3,(H,13,14). The lowest BCUT2D eigenvalue weighted by atomic mass is 10.00. The minimum Gasteiger partial charge on any atom is -0.378 e. The average Bonchev–Trinajstić information content (AvgIpc) is 2.78. The van der Waals surface area contributed by atoms with Crippen molar-refractivity contribution in [1.29, 1.82) is 0 Å². The molecule has 1 aliphatic heterocycles. The maximum absolute atomic E-state index is 11.7. The molecule has 1 saturated heterocycles. The number of ether oxygens (including phenoxy) is 1. The van der Waals surface area contributed by atoms with Crippen LogP contribution in [0.2, 0.25) is 0 Å². The lowest BCUT2D eigenvalue weighted by Gasteiger charge is -2.17. The van der Waals surface area contributed by atoms with E-state index in [1.807, 2.05) is 0 Å². The summed E-state index contributed by atoms with van der Waals surface area (Å²) in [5, 5.41) is 3.14. The fraction of sp³-hybridized carbons (Fsp3) is 0.667. The molecule has 1 N–H and O–H groups in total. The molecule has 0 radical (unpaired) electrons. The lowest BCUT2D eigenvalue weighted by molar-refractivity contribution is 0.0900. The summed E-state index contributed by atoms with van der Waals surface area (Å²) >= 11 is 0. The monoisotopic (exact) mass is 237 g/mol. The molecule has 0 aliphatic carbocycles. The Morgan fingerprint density at radius 1 is 1.65 bits per heavy atom. The topological polar surface area (TPSA) is 56.1 Å². The van der Waals surface area contributed by atoms with Crippen molar-refractivity contribution >= 4 is 5.82 Å². The summed E-state index contributed by atoms with van der Waals surface area (Å²) in [7, 11) is 1.72. The molecule has 94 valence electrons. The molecule has 0 saturated carbocycles. The van der Waals surface area contributed by atoms with Gasteiger partial charge in [0.2, 0.25) is 0 Å². The average molecular weight is 237 g/mol. The van der Waals surface area contributed by atoms with E-state index in [0.717, 1.165) is 26.0 Å². The van der Waals surface area contributed by atoms with Crippen molar-refractivity contribution in [2.45, 2.75) is 25.9 Å². The van der Waals surface area contributed by atoms with Crippen molar-refractivity contribution in [2.75, 3.05) is 18.5 Å². The molecule has 0 spiro atoms. The summed E-state index contributed by atoms with van der Waals surface area (Å²) in [6, 6.07) is 0. The molecule has 1 aromatic heterocycles. The predicted molar refractivity (Wildman–Crippen MR) is 66.1 cm³/mol. The first-order valence-electron chi connectivity index (χ1n) is 6.09. The Kier molecular flexibility index (Phi) is 3.78. The molecule has 0 aromatic carbocycles. The van der Waals surface area contributed by atoms with Crippen LogP contribution in [-0.2, 0) is 11.8 Å². The maximum Gasteiger partial charge on any atom is 0.293 e. The largest absolute Gasteiger partial charge is 0.378 e. The first-order chi connectivity index (χ1) is 8.22. The van der Waals surface area contributed by atoms with Gasteiger partial charge >= 0.3 is 0 Å². The Balaban J connectivity index is 1.98. The third kappa shape index (κ3) is 2.66. The number of nitrogens with one attached hydrogen (secondary N) is 1. The summed E-state index contributed by atoms with van der Waals surface area (Å²) < 4.78 is 7.14. The fourth-order valence-corrected chi connectivity index (χ4v) is 2.22. The zero-order valence-corrected chi connectivity index (χ0v) is 10.3. The van der Waals surface area contributed by atoms with Gasteiger partial charge in [-0.2, -0.15) is 0 Å². The third-order valence-electron chi connectivity index (χ3n) is 3.30. The highest BCUT2D eigenvalue weighted by Crippen LogP contribution is 2.23. The van der Waals surface area contributed by atoms with Crippen molar-refractivity contribution in [1.82, 2.24) is 9.55 Å². The van der Waals surface area contributed by atoms with Crippen LogP contribution in [0.25, 0.3) is 0 Å². The lowest BCUT2D eigenvalue weighted by Crippen LogP contribution is -2.27. The predicted octanol–water partition coefficient (Wildman–Crippen LogP) is 1.01. The van der Waals surface area contributed by atoms with E-state index in [-0.39, 0.29) is 5.56 Å². The van der Waals surface area contributed by atoms with E-state index >= 15 is 0 Å². The highest BCUT2D eigenvalue weighted by atomic mass is 16.5. The molecule has 0 bridgehead atoms. The van der Waals surface area contributed by atoms with Crippen LogP contribution in [-0.4, -0.2) is 28.8 Å². The van der Waals surface area contributed by atoms with Crippen LogP contribution >= 0.6 is 0 Å². The van der Waals surface area contributed by atoms with Crippen LogP contribution in [0.4, 0.5) is 5.82 Å². The molecule has 1 aliphatic rings. The van der Waals surface area contributed by atoms with Crippen molar-refractivity contribution in [2.24, 2.45) is 13.0 Å². The minimum atomic E-state index is -0.0838. The van der Waals surface area contributed by atoms with E-state index in [1.165, 1.54) is 4.57 Å². The maximum atomic E-state index is 11.7. The van der Waals surface area contributed by atoms with E-state index in [9.17, 15) is 4.79 Å². The number of rotatable bonds is 4. The van der Waals surface area contributed by atoms with Crippen molar-refractivity contribution in [3.63, 3.8) is 0 Å². The molecule has 0 amide bonds. The van der Waals surface area contributed by atoms with Crippen LogP contribution < -0.4 is 10.9 Å². The number of aryl methyl sites for hydroxylation is 1. The van der Waals surface area contributed by atoms with Crippen LogP contribution in [0, 0.1) is 5.92 Å². The van der Waals surface area contributed by atoms with Crippen molar-refractivity contribution in [3.05, 3.63) is 22.7 Å². The molecule has 1 fully saturated rings. The SMILES string of the molecule is CCC1OCCC1CNc1nccn(C)c1=O. The van der Waals surface area contributed by atoms with Gasteiger partial charge in [0.15, 0.2) is 5.82 Å². The molecule has 2 heterocycles. The van der Waals surface area contributed by atoms with Crippen molar-refractivity contribution < 1.29 is 4.74 Å². The molecule has 5 nitrogen and oxygen atoms in total. The molecule has 2 rings (SSSR count). The fourth-order valence-electron chi connectivity index (χ4n) is 2.22. The number of nitrogens with zero attached hydrogens (tertiary/aromatic N) is 2. The Morgan fingerprint density at radius 3 is 3.24 bits per heavy atom. The zero-order valence-electron chi connectivity index (χ0n) is 10.3. The summed E-state index contributed by atoms with van der Waals surface area (Å²) in [6.07, 6.45) is 5.67. The molecule has 2 atom stereocenters.